The number of esters is 2. The predicted molar refractivity (Wildman–Crippen MR) is 195 cm³/mol. The van der Waals surface area contributed by atoms with Crippen molar-refractivity contribution in [3.8, 4) is 0 Å². The minimum absolute atomic E-state index is 0.00876. The van der Waals surface area contributed by atoms with E-state index in [1.54, 1.807) is 60.7 Å². The number of rotatable bonds is 11. The first kappa shape index (κ1) is 35.5. The van der Waals surface area contributed by atoms with Gasteiger partial charge in [-0.2, -0.15) is 0 Å². The fourth-order valence-corrected chi connectivity index (χ4v) is 11.3. The summed E-state index contributed by atoms with van der Waals surface area (Å²) < 4.78 is 27.0. The third-order valence-electron chi connectivity index (χ3n) is 9.17. The van der Waals surface area contributed by atoms with Gasteiger partial charge in [0.25, 0.3) is 13.9 Å². The van der Waals surface area contributed by atoms with E-state index in [0.717, 1.165) is 10.4 Å². The zero-order chi connectivity index (χ0) is 36.0. The van der Waals surface area contributed by atoms with Gasteiger partial charge in [0, 0.05) is 12.3 Å². The molecule has 10 nitrogen and oxygen atoms in total. The molecule has 0 unspecified atom stereocenters. The predicted octanol–water partition coefficient (Wildman–Crippen LogP) is 4.71. The second-order valence-electron chi connectivity index (χ2n) is 13.4. The Kier molecular flexibility index (Phi) is 10.6. The Morgan fingerprint density at radius 1 is 0.725 bits per heavy atom. The summed E-state index contributed by atoms with van der Waals surface area (Å²) in [5, 5.41) is 1.74. The number of carbonyl (C=O) groups is 2. The Balaban J connectivity index is 1.42. The number of ether oxygens (including phenoxy) is 3. The zero-order valence-corrected chi connectivity index (χ0v) is 29.6. The van der Waals surface area contributed by atoms with Gasteiger partial charge in [-0.3, -0.25) is 14.3 Å². The van der Waals surface area contributed by atoms with Crippen LogP contribution >= 0.6 is 0 Å². The summed E-state index contributed by atoms with van der Waals surface area (Å²) in [5.74, 6) is -2.01. The van der Waals surface area contributed by atoms with E-state index in [0.29, 0.717) is 5.56 Å². The van der Waals surface area contributed by atoms with Crippen molar-refractivity contribution < 1.29 is 28.2 Å². The van der Waals surface area contributed by atoms with Crippen LogP contribution in [0.5, 0.6) is 0 Å². The number of hydrogen-bond acceptors (Lipinski definition) is 8. The summed E-state index contributed by atoms with van der Waals surface area (Å²) in [6, 6.07) is 38.4. The molecule has 0 spiro atoms. The minimum atomic E-state index is -3.08. The van der Waals surface area contributed by atoms with Crippen molar-refractivity contribution in [3.05, 3.63) is 166 Å². The number of H-pyrrole nitrogens is 1. The van der Waals surface area contributed by atoms with Crippen LogP contribution in [-0.2, 0) is 18.6 Å². The van der Waals surface area contributed by atoms with Crippen molar-refractivity contribution >= 4 is 30.6 Å². The molecule has 0 bridgehead atoms. The van der Waals surface area contributed by atoms with Crippen molar-refractivity contribution in [1.82, 2.24) is 9.55 Å². The van der Waals surface area contributed by atoms with Crippen molar-refractivity contribution in [2.24, 2.45) is 5.92 Å². The van der Waals surface area contributed by atoms with Gasteiger partial charge in [-0.15, -0.1) is 0 Å². The average molecular weight is 705 g/mol. The number of carbonyl (C=O) groups excluding carboxylic acids is 2. The first-order valence-electron chi connectivity index (χ1n) is 16.8. The number of nitrogens with zero attached hydrogens (tertiary/aromatic N) is 1. The lowest BCUT2D eigenvalue weighted by atomic mass is 9.98. The fraction of sp³-hybridized carbons (Fsp3) is 0.250. The number of hydrogen-bond donors (Lipinski definition) is 1. The van der Waals surface area contributed by atoms with E-state index in [2.05, 4.69) is 50.0 Å². The highest BCUT2D eigenvalue weighted by atomic mass is 28.4. The summed E-state index contributed by atoms with van der Waals surface area (Å²) in [6.07, 6.45) is -1.84. The topological polar surface area (TPSA) is 126 Å². The first-order chi connectivity index (χ1) is 24.6. The summed E-state index contributed by atoms with van der Waals surface area (Å²) in [4.78, 5) is 54.3. The van der Waals surface area contributed by atoms with Crippen LogP contribution in [0.2, 0.25) is 5.04 Å². The van der Waals surface area contributed by atoms with Crippen LogP contribution in [0.3, 0.4) is 0 Å². The highest BCUT2D eigenvalue weighted by Gasteiger charge is 2.54. The second kappa shape index (κ2) is 15.3. The minimum Gasteiger partial charge on any atom is -0.462 e. The highest BCUT2D eigenvalue weighted by molar-refractivity contribution is 6.99. The number of aromatic nitrogens is 2. The molecular formula is C40H40N2O8Si. The van der Waals surface area contributed by atoms with Gasteiger partial charge < -0.3 is 18.6 Å². The molecule has 6 rings (SSSR count). The van der Waals surface area contributed by atoms with E-state index in [4.69, 9.17) is 18.6 Å². The SMILES string of the molecule is CC(C)(C)[Si](OC[C@H]1O[C@@H](n2ccc(=O)[nH]c2=O)[C@H](OC(=O)c2ccccc2)[C@@H]1COC(=O)c1ccccc1)(c1ccccc1)c1ccccc1. The monoisotopic (exact) mass is 704 g/mol. The zero-order valence-electron chi connectivity index (χ0n) is 28.6. The van der Waals surface area contributed by atoms with Crippen LogP contribution in [-0.4, -0.2) is 55.2 Å². The Hall–Kier alpha value is -5.36. The molecule has 51 heavy (non-hydrogen) atoms. The van der Waals surface area contributed by atoms with Crippen molar-refractivity contribution in [1.29, 1.82) is 0 Å². The maximum atomic E-state index is 13.6. The fourth-order valence-electron chi connectivity index (χ4n) is 6.71. The largest absolute Gasteiger partial charge is 0.462 e. The molecule has 5 aromatic rings. The highest BCUT2D eigenvalue weighted by Crippen LogP contribution is 2.40. The maximum absolute atomic E-state index is 13.6. The van der Waals surface area contributed by atoms with Gasteiger partial charge in [0.1, 0.15) is 6.61 Å². The van der Waals surface area contributed by atoms with Crippen LogP contribution in [0, 0.1) is 5.92 Å². The van der Waals surface area contributed by atoms with E-state index in [9.17, 15) is 19.2 Å². The molecule has 1 aliphatic heterocycles. The van der Waals surface area contributed by atoms with E-state index in [-0.39, 0.29) is 23.8 Å². The molecule has 11 heteroatoms. The molecule has 1 aromatic heterocycles. The van der Waals surface area contributed by atoms with Crippen molar-refractivity contribution in [3.63, 3.8) is 0 Å². The van der Waals surface area contributed by atoms with E-state index >= 15 is 0 Å². The Morgan fingerprint density at radius 3 is 1.75 bits per heavy atom. The molecular weight excluding hydrogens is 665 g/mol. The van der Waals surface area contributed by atoms with E-state index < -0.39 is 55.9 Å². The molecule has 0 radical (unpaired) electrons. The molecule has 0 amide bonds. The van der Waals surface area contributed by atoms with Gasteiger partial charge in [0.05, 0.1) is 29.8 Å². The molecule has 0 saturated carbocycles. The molecule has 4 aromatic carbocycles. The number of benzene rings is 4. The molecule has 1 fully saturated rings. The maximum Gasteiger partial charge on any atom is 0.338 e. The Morgan fingerprint density at radius 2 is 1.24 bits per heavy atom. The molecule has 1 saturated heterocycles. The molecule has 0 aliphatic carbocycles. The lowest BCUT2D eigenvalue weighted by molar-refractivity contribution is -0.0588. The smallest absolute Gasteiger partial charge is 0.338 e. The summed E-state index contributed by atoms with van der Waals surface area (Å²) in [6.45, 7) is 6.25. The second-order valence-corrected chi connectivity index (χ2v) is 17.7. The Bertz CT molecular complexity index is 2010. The van der Waals surface area contributed by atoms with Gasteiger partial charge in [-0.05, 0) is 39.7 Å². The number of aromatic amines is 1. The average Bonchev–Trinajstić information content (AvgIpc) is 3.47. The molecule has 4 atom stereocenters. The summed E-state index contributed by atoms with van der Waals surface area (Å²) >= 11 is 0. The van der Waals surface area contributed by atoms with Gasteiger partial charge >= 0.3 is 17.6 Å². The van der Waals surface area contributed by atoms with Gasteiger partial charge in [-0.1, -0.05) is 118 Å². The molecule has 1 aliphatic rings. The number of nitrogens with one attached hydrogen (secondary N) is 1. The quantitative estimate of drug-likeness (QED) is 0.155. The van der Waals surface area contributed by atoms with Gasteiger partial charge in [-0.25, -0.2) is 14.4 Å². The van der Waals surface area contributed by atoms with Gasteiger partial charge in [0.2, 0.25) is 0 Å². The van der Waals surface area contributed by atoms with Crippen LogP contribution in [0.1, 0.15) is 47.7 Å². The van der Waals surface area contributed by atoms with Crippen LogP contribution in [0.4, 0.5) is 0 Å². The van der Waals surface area contributed by atoms with Crippen molar-refractivity contribution in [2.75, 3.05) is 13.2 Å². The van der Waals surface area contributed by atoms with Crippen molar-refractivity contribution in [2.45, 2.75) is 44.2 Å². The third-order valence-corrected chi connectivity index (χ3v) is 14.2. The normalized spacial score (nSPS) is 19.0. The lowest BCUT2D eigenvalue weighted by Crippen LogP contribution is -2.67. The van der Waals surface area contributed by atoms with Crippen LogP contribution in [0.15, 0.2) is 143 Å². The van der Waals surface area contributed by atoms with Gasteiger partial charge in [0.15, 0.2) is 12.3 Å². The molecule has 1 N–H and O–H groups in total. The Labute approximate surface area is 296 Å². The third kappa shape index (κ3) is 7.56. The van der Waals surface area contributed by atoms with E-state index in [1.807, 2.05) is 36.4 Å². The lowest BCUT2D eigenvalue weighted by Gasteiger charge is -2.43. The summed E-state index contributed by atoms with van der Waals surface area (Å²) in [7, 11) is -3.08. The van der Waals surface area contributed by atoms with Crippen LogP contribution < -0.4 is 21.6 Å². The first-order valence-corrected chi connectivity index (χ1v) is 18.7. The summed E-state index contributed by atoms with van der Waals surface area (Å²) in [5.41, 5.74) is -0.700. The molecule has 2 heterocycles. The van der Waals surface area contributed by atoms with E-state index in [1.165, 1.54) is 16.8 Å². The van der Waals surface area contributed by atoms with Crippen LogP contribution in [0.25, 0.3) is 0 Å². The molecule has 262 valence electrons. The standard InChI is InChI=1S/C40H40N2O8Si/c1-40(2,3)51(30-20-12-6-13-21-30,31-22-14-7-15-23-31)48-27-33-32(26-47-37(44)28-16-8-4-9-17-28)35(50-38(45)29-18-10-5-11-19-29)36(49-33)42-25-24-34(43)41-39(42)46/h4-25,32-33,35-36H,26-27H2,1-3H3,(H,41,43,46)/t32-,33-,35-,36-/m1/s1.